The lowest BCUT2D eigenvalue weighted by Gasteiger charge is -2.08. The lowest BCUT2D eigenvalue weighted by molar-refractivity contribution is 0.0951. The first-order valence-electron chi connectivity index (χ1n) is 8.58. The fourth-order valence-electron chi connectivity index (χ4n) is 2.73. The molecule has 9 heteroatoms. The number of hydrogen-bond acceptors (Lipinski definition) is 7. The highest BCUT2D eigenvalue weighted by molar-refractivity contribution is 5.99. The predicted molar refractivity (Wildman–Crippen MR) is 102 cm³/mol. The van der Waals surface area contributed by atoms with E-state index in [2.05, 4.69) is 25.7 Å². The van der Waals surface area contributed by atoms with E-state index in [-0.39, 0.29) is 5.91 Å². The Morgan fingerprint density at radius 1 is 1.25 bits per heavy atom. The number of aromatic nitrogens is 4. The van der Waals surface area contributed by atoms with Gasteiger partial charge in [-0.25, -0.2) is 9.97 Å². The number of carbonyl (C=O) groups is 1. The first-order chi connectivity index (χ1) is 13.7. The Labute approximate surface area is 160 Å². The number of rotatable bonds is 6. The van der Waals surface area contributed by atoms with E-state index >= 15 is 0 Å². The summed E-state index contributed by atoms with van der Waals surface area (Å²) in [7, 11) is 3.33. The minimum Gasteiger partial charge on any atom is -0.497 e. The summed E-state index contributed by atoms with van der Waals surface area (Å²) in [5.74, 6) is 1.81. The van der Waals surface area contributed by atoms with Crippen LogP contribution in [0.25, 0.3) is 17.2 Å². The number of anilines is 1. The van der Waals surface area contributed by atoms with Gasteiger partial charge in [0.05, 0.1) is 13.4 Å². The molecule has 2 N–H and O–H groups in total. The van der Waals surface area contributed by atoms with Crippen molar-refractivity contribution >= 4 is 17.5 Å². The van der Waals surface area contributed by atoms with E-state index < -0.39 is 0 Å². The smallest absolute Gasteiger partial charge is 0.256 e. The zero-order valence-corrected chi connectivity index (χ0v) is 15.3. The van der Waals surface area contributed by atoms with Crippen LogP contribution in [0.5, 0.6) is 5.75 Å². The van der Waals surface area contributed by atoms with E-state index in [0.717, 1.165) is 11.3 Å². The van der Waals surface area contributed by atoms with Crippen LogP contribution in [0.4, 0.5) is 5.95 Å². The van der Waals surface area contributed by atoms with Crippen molar-refractivity contribution in [1.82, 2.24) is 24.9 Å². The largest absolute Gasteiger partial charge is 0.497 e. The molecule has 0 saturated carbocycles. The zero-order chi connectivity index (χ0) is 19.5. The number of ether oxygens (including phenoxy) is 1. The molecule has 0 bridgehead atoms. The Hall–Kier alpha value is -3.88. The van der Waals surface area contributed by atoms with E-state index in [1.54, 1.807) is 32.6 Å². The van der Waals surface area contributed by atoms with E-state index in [1.807, 2.05) is 24.3 Å². The Kier molecular flexibility index (Phi) is 4.63. The lowest BCUT2D eigenvalue weighted by Crippen LogP contribution is -2.24. The predicted octanol–water partition coefficient (Wildman–Crippen LogP) is 2.36. The molecule has 0 fully saturated rings. The Bertz CT molecular complexity index is 1100. The third-order valence-electron chi connectivity index (χ3n) is 4.19. The van der Waals surface area contributed by atoms with Crippen molar-refractivity contribution in [3.05, 3.63) is 60.0 Å². The van der Waals surface area contributed by atoms with Crippen LogP contribution >= 0.6 is 0 Å². The number of nitrogens with zero attached hydrogens (tertiary/aromatic N) is 4. The van der Waals surface area contributed by atoms with Crippen LogP contribution < -0.4 is 15.4 Å². The van der Waals surface area contributed by atoms with Crippen LogP contribution in [0.3, 0.4) is 0 Å². The van der Waals surface area contributed by atoms with E-state index in [1.165, 1.54) is 10.7 Å². The van der Waals surface area contributed by atoms with Crippen molar-refractivity contribution in [1.29, 1.82) is 0 Å². The number of furan rings is 1. The third-order valence-corrected chi connectivity index (χ3v) is 4.19. The van der Waals surface area contributed by atoms with E-state index in [4.69, 9.17) is 9.15 Å². The first-order valence-corrected chi connectivity index (χ1v) is 8.58. The van der Waals surface area contributed by atoms with Gasteiger partial charge in [0.1, 0.15) is 11.3 Å². The molecular weight excluding hydrogens is 360 g/mol. The number of amides is 1. The Morgan fingerprint density at radius 2 is 2.07 bits per heavy atom. The highest BCUT2D eigenvalue weighted by Gasteiger charge is 2.19. The van der Waals surface area contributed by atoms with Gasteiger partial charge in [-0.3, -0.25) is 4.79 Å². The molecule has 0 aliphatic carbocycles. The minimum atomic E-state index is -0.297. The maximum atomic E-state index is 12.7. The van der Waals surface area contributed by atoms with Gasteiger partial charge in [0.15, 0.2) is 11.4 Å². The molecule has 9 nitrogen and oxygen atoms in total. The molecule has 28 heavy (non-hydrogen) atoms. The number of methoxy groups -OCH3 is 1. The maximum Gasteiger partial charge on any atom is 0.256 e. The summed E-state index contributed by atoms with van der Waals surface area (Å²) in [6, 6.07) is 11.0. The van der Waals surface area contributed by atoms with Crippen LogP contribution in [-0.4, -0.2) is 39.6 Å². The van der Waals surface area contributed by atoms with Gasteiger partial charge < -0.3 is 19.8 Å². The standard InChI is InChI=1S/C19H18N6O3/c1-20-19-22-11-14(17-23-16(24-25(17)19)15-4-3-9-28-15)18(26)21-10-12-5-7-13(27-2)8-6-12/h3-9,11H,10H2,1-2H3,(H,20,22)(H,21,26). The van der Waals surface area contributed by atoms with Crippen molar-refractivity contribution in [3.63, 3.8) is 0 Å². The highest BCUT2D eigenvalue weighted by Crippen LogP contribution is 2.20. The molecule has 0 spiro atoms. The summed E-state index contributed by atoms with van der Waals surface area (Å²) in [6.07, 6.45) is 3.02. The number of carbonyl (C=O) groups excluding carboxylic acids is 1. The molecular formula is C19H18N6O3. The second-order valence-corrected chi connectivity index (χ2v) is 5.92. The fraction of sp³-hybridized carbons (Fsp3) is 0.158. The molecule has 0 atom stereocenters. The van der Waals surface area contributed by atoms with Crippen LogP contribution in [-0.2, 0) is 6.54 Å². The molecule has 4 aromatic rings. The summed E-state index contributed by atoms with van der Waals surface area (Å²) in [5.41, 5.74) is 1.65. The molecule has 0 saturated heterocycles. The van der Waals surface area contributed by atoms with Crippen molar-refractivity contribution in [3.8, 4) is 17.3 Å². The van der Waals surface area contributed by atoms with Crippen LogP contribution in [0.15, 0.2) is 53.3 Å². The van der Waals surface area contributed by atoms with Crippen LogP contribution in [0.2, 0.25) is 0 Å². The Balaban J connectivity index is 1.62. The van der Waals surface area contributed by atoms with Crippen molar-refractivity contribution in [2.45, 2.75) is 6.54 Å². The maximum absolute atomic E-state index is 12.7. The van der Waals surface area contributed by atoms with E-state index in [9.17, 15) is 4.79 Å². The number of hydrogen-bond donors (Lipinski definition) is 2. The molecule has 0 aliphatic rings. The van der Waals surface area contributed by atoms with Crippen molar-refractivity contribution < 1.29 is 13.9 Å². The molecule has 1 amide bonds. The minimum absolute atomic E-state index is 0.297. The SMILES string of the molecule is CNc1ncc(C(=O)NCc2ccc(OC)cc2)c2nc(-c3ccco3)nn12. The van der Waals surface area contributed by atoms with Gasteiger partial charge in [0.25, 0.3) is 5.91 Å². The van der Waals surface area contributed by atoms with Crippen LogP contribution in [0, 0.1) is 0 Å². The highest BCUT2D eigenvalue weighted by atomic mass is 16.5. The van der Waals surface area contributed by atoms with Gasteiger partial charge in [-0.2, -0.15) is 4.52 Å². The summed E-state index contributed by atoms with van der Waals surface area (Å²) in [4.78, 5) is 21.5. The van der Waals surface area contributed by atoms with Crippen molar-refractivity contribution in [2.24, 2.45) is 0 Å². The first kappa shape index (κ1) is 17.5. The Morgan fingerprint density at radius 3 is 2.75 bits per heavy atom. The average Bonchev–Trinajstić information content (AvgIpc) is 3.41. The third kappa shape index (κ3) is 3.25. The monoisotopic (exact) mass is 378 g/mol. The number of nitrogens with one attached hydrogen (secondary N) is 2. The van der Waals surface area contributed by atoms with E-state index in [0.29, 0.717) is 35.3 Å². The second kappa shape index (κ2) is 7.39. The molecule has 0 radical (unpaired) electrons. The molecule has 4 rings (SSSR count). The molecule has 3 heterocycles. The second-order valence-electron chi connectivity index (χ2n) is 5.92. The zero-order valence-electron chi connectivity index (χ0n) is 15.3. The molecule has 142 valence electrons. The normalized spacial score (nSPS) is 10.8. The summed E-state index contributed by atoms with van der Waals surface area (Å²) in [5, 5.41) is 10.2. The summed E-state index contributed by atoms with van der Waals surface area (Å²) >= 11 is 0. The van der Waals surface area contributed by atoms with Crippen LogP contribution in [0.1, 0.15) is 15.9 Å². The quantitative estimate of drug-likeness (QED) is 0.530. The van der Waals surface area contributed by atoms with Gasteiger partial charge in [-0.15, -0.1) is 5.10 Å². The van der Waals surface area contributed by atoms with Gasteiger partial charge in [-0.1, -0.05) is 12.1 Å². The van der Waals surface area contributed by atoms with Gasteiger partial charge in [0, 0.05) is 19.8 Å². The summed E-state index contributed by atoms with van der Waals surface area (Å²) in [6.45, 7) is 0.363. The van der Waals surface area contributed by atoms with Gasteiger partial charge >= 0.3 is 0 Å². The van der Waals surface area contributed by atoms with Gasteiger partial charge in [-0.05, 0) is 29.8 Å². The topological polar surface area (TPSA) is 107 Å². The average molecular weight is 378 g/mol. The number of benzene rings is 1. The number of fused-ring (bicyclic) bond motifs is 1. The van der Waals surface area contributed by atoms with Gasteiger partial charge in [0.2, 0.25) is 11.8 Å². The summed E-state index contributed by atoms with van der Waals surface area (Å²) < 4.78 is 12.0. The molecule has 3 aromatic heterocycles. The molecule has 0 aliphatic heterocycles. The molecule has 0 unspecified atom stereocenters. The molecule has 1 aromatic carbocycles. The van der Waals surface area contributed by atoms with Crippen molar-refractivity contribution in [2.75, 3.05) is 19.5 Å². The lowest BCUT2D eigenvalue weighted by atomic mass is 10.2. The fourth-order valence-corrected chi connectivity index (χ4v) is 2.73.